The quantitative estimate of drug-likeness (QED) is 0.761. The van der Waals surface area contributed by atoms with Crippen LogP contribution >= 0.6 is 0 Å². The third kappa shape index (κ3) is 1.97. The van der Waals surface area contributed by atoms with E-state index in [0.29, 0.717) is 0 Å². The molecule has 3 aromatic rings. The smallest absolute Gasteiger partial charge is 0.244 e. The Balaban J connectivity index is 2.28. The number of nitrogens with zero attached hydrogens (tertiary/aromatic N) is 2. The summed E-state index contributed by atoms with van der Waals surface area (Å²) in [6.45, 7) is 1.88. The first-order chi connectivity index (χ1) is 9.27. The van der Waals surface area contributed by atoms with E-state index in [9.17, 15) is 0 Å². The molecule has 0 unspecified atom stereocenters. The molecular formula is C15H13N3O. The normalized spacial score (nSPS) is 10.6. The van der Waals surface area contributed by atoms with E-state index in [1.165, 1.54) is 0 Å². The number of nitrogens with one attached hydrogen (secondary N) is 1. The lowest BCUT2D eigenvalue weighted by Crippen LogP contribution is -1.96. The van der Waals surface area contributed by atoms with E-state index in [-0.39, 0.29) is 5.55 Å². The van der Waals surface area contributed by atoms with Crippen molar-refractivity contribution in [2.45, 2.75) is 6.92 Å². The Morgan fingerprint density at radius 3 is 2.58 bits per heavy atom. The lowest BCUT2D eigenvalue weighted by Gasteiger charge is -2.06. The van der Waals surface area contributed by atoms with Crippen molar-refractivity contribution in [2.24, 2.45) is 0 Å². The Morgan fingerprint density at radius 1 is 1.11 bits per heavy atom. The van der Waals surface area contributed by atoms with Gasteiger partial charge in [-0.25, -0.2) is 0 Å². The molecule has 1 aromatic carbocycles. The summed E-state index contributed by atoms with van der Waals surface area (Å²) in [5, 5.41) is 7.87. The molecule has 0 fully saturated rings. The van der Waals surface area contributed by atoms with Crippen LogP contribution in [-0.4, -0.2) is 9.72 Å². The Hall–Kier alpha value is -2.62. The lowest BCUT2D eigenvalue weighted by molar-refractivity contribution is 0.313. The maximum atomic E-state index is 7.87. The van der Waals surface area contributed by atoms with Crippen molar-refractivity contribution < 1.29 is 4.52 Å². The molecule has 3 rings (SSSR count). The molecule has 4 nitrogen and oxygen atoms in total. The fraction of sp³-hybridized carbons (Fsp3) is 0.0667. The van der Waals surface area contributed by atoms with Crippen LogP contribution in [0.3, 0.4) is 0 Å². The Kier molecular flexibility index (Phi) is 2.76. The van der Waals surface area contributed by atoms with E-state index in [4.69, 9.17) is 9.93 Å². The third-order valence-electron chi connectivity index (χ3n) is 3.01. The SMILES string of the molecule is Cc1c(-c2cccnc2)n(-c2ccccc2)oc1=N. The van der Waals surface area contributed by atoms with Gasteiger partial charge in [-0.1, -0.05) is 18.2 Å². The molecule has 0 aliphatic rings. The summed E-state index contributed by atoms with van der Waals surface area (Å²) in [6.07, 6.45) is 3.50. The number of pyridine rings is 1. The van der Waals surface area contributed by atoms with Crippen LogP contribution in [0.25, 0.3) is 16.9 Å². The predicted octanol–water partition coefficient (Wildman–Crippen LogP) is 2.92. The van der Waals surface area contributed by atoms with Crippen LogP contribution < -0.4 is 5.55 Å². The molecule has 0 radical (unpaired) electrons. The van der Waals surface area contributed by atoms with E-state index in [1.807, 2.05) is 49.4 Å². The highest BCUT2D eigenvalue weighted by Crippen LogP contribution is 2.24. The van der Waals surface area contributed by atoms with E-state index >= 15 is 0 Å². The fourth-order valence-corrected chi connectivity index (χ4v) is 2.05. The van der Waals surface area contributed by atoms with Gasteiger partial charge in [0.1, 0.15) is 0 Å². The van der Waals surface area contributed by atoms with Crippen LogP contribution in [0.15, 0.2) is 59.4 Å². The van der Waals surface area contributed by atoms with Crippen molar-refractivity contribution in [3.63, 3.8) is 0 Å². The molecule has 4 heteroatoms. The van der Waals surface area contributed by atoms with E-state index in [2.05, 4.69) is 4.98 Å². The predicted molar refractivity (Wildman–Crippen MR) is 71.9 cm³/mol. The van der Waals surface area contributed by atoms with Gasteiger partial charge in [0, 0.05) is 23.5 Å². The van der Waals surface area contributed by atoms with Crippen LogP contribution in [0, 0.1) is 12.3 Å². The standard InChI is InChI=1S/C15H13N3O/c1-11-14(12-6-5-9-17-10-12)18(19-15(11)16)13-7-3-2-4-8-13/h2-10,16H,1H3. The van der Waals surface area contributed by atoms with Gasteiger partial charge in [0.15, 0.2) is 0 Å². The fourth-order valence-electron chi connectivity index (χ4n) is 2.05. The zero-order valence-corrected chi connectivity index (χ0v) is 10.5. The molecule has 1 N–H and O–H groups in total. The number of aromatic nitrogens is 2. The number of benzene rings is 1. The van der Waals surface area contributed by atoms with Gasteiger partial charge < -0.3 is 4.52 Å². The molecule has 0 saturated heterocycles. The molecule has 2 aromatic heterocycles. The Bertz CT molecular complexity index is 742. The van der Waals surface area contributed by atoms with Gasteiger partial charge in [-0.15, -0.1) is 0 Å². The van der Waals surface area contributed by atoms with Crippen molar-refractivity contribution in [1.82, 2.24) is 9.72 Å². The number of hydrogen-bond donors (Lipinski definition) is 1. The average Bonchev–Trinajstić information content (AvgIpc) is 2.77. The van der Waals surface area contributed by atoms with Gasteiger partial charge >= 0.3 is 0 Å². The van der Waals surface area contributed by atoms with Crippen molar-refractivity contribution >= 4 is 0 Å². The molecule has 0 spiro atoms. The second-order valence-corrected chi connectivity index (χ2v) is 4.27. The number of para-hydroxylation sites is 1. The van der Waals surface area contributed by atoms with Crippen LogP contribution in [0.4, 0.5) is 0 Å². The molecule has 0 bridgehead atoms. The summed E-state index contributed by atoms with van der Waals surface area (Å²) in [5.74, 6) is 0. The first-order valence-corrected chi connectivity index (χ1v) is 6.01. The minimum Gasteiger partial charge on any atom is -0.354 e. The minimum absolute atomic E-state index is 0.169. The third-order valence-corrected chi connectivity index (χ3v) is 3.01. The minimum atomic E-state index is 0.169. The number of hydrogen-bond acceptors (Lipinski definition) is 3. The zero-order valence-electron chi connectivity index (χ0n) is 10.5. The van der Waals surface area contributed by atoms with Crippen LogP contribution in [0.1, 0.15) is 5.56 Å². The monoisotopic (exact) mass is 251 g/mol. The molecule has 2 heterocycles. The first kappa shape index (κ1) is 11.5. The molecule has 0 saturated carbocycles. The van der Waals surface area contributed by atoms with Crippen molar-refractivity contribution in [3.05, 3.63) is 66.0 Å². The molecule has 19 heavy (non-hydrogen) atoms. The summed E-state index contributed by atoms with van der Waals surface area (Å²) in [6, 6.07) is 13.6. The van der Waals surface area contributed by atoms with E-state index in [1.54, 1.807) is 17.1 Å². The summed E-state index contributed by atoms with van der Waals surface area (Å²) < 4.78 is 7.22. The van der Waals surface area contributed by atoms with Gasteiger partial charge in [-0.3, -0.25) is 10.4 Å². The molecular weight excluding hydrogens is 238 g/mol. The van der Waals surface area contributed by atoms with Gasteiger partial charge in [0.25, 0.3) is 0 Å². The summed E-state index contributed by atoms with van der Waals surface area (Å²) >= 11 is 0. The molecule has 0 amide bonds. The second kappa shape index (κ2) is 4.57. The van der Waals surface area contributed by atoms with E-state index in [0.717, 1.165) is 22.5 Å². The molecule has 0 aliphatic heterocycles. The topological polar surface area (TPSA) is 54.8 Å². The zero-order chi connectivity index (χ0) is 13.2. The highest BCUT2D eigenvalue weighted by atomic mass is 16.5. The Morgan fingerprint density at radius 2 is 1.89 bits per heavy atom. The van der Waals surface area contributed by atoms with Gasteiger partial charge in [0.05, 0.1) is 11.4 Å². The second-order valence-electron chi connectivity index (χ2n) is 4.27. The van der Waals surface area contributed by atoms with Gasteiger partial charge in [-0.05, 0) is 31.2 Å². The molecule has 0 atom stereocenters. The van der Waals surface area contributed by atoms with Crippen molar-refractivity contribution in [3.8, 4) is 16.9 Å². The van der Waals surface area contributed by atoms with Gasteiger partial charge in [-0.2, -0.15) is 4.74 Å². The van der Waals surface area contributed by atoms with Crippen LogP contribution in [0.2, 0.25) is 0 Å². The Labute approximate surface area is 110 Å². The first-order valence-electron chi connectivity index (χ1n) is 6.01. The summed E-state index contributed by atoms with van der Waals surface area (Å²) in [7, 11) is 0. The van der Waals surface area contributed by atoms with Gasteiger partial charge in [0.2, 0.25) is 5.55 Å². The lowest BCUT2D eigenvalue weighted by atomic mass is 10.1. The average molecular weight is 251 g/mol. The maximum absolute atomic E-state index is 7.87. The molecule has 94 valence electrons. The maximum Gasteiger partial charge on any atom is 0.244 e. The largest absolute Gasteiger partial charge is 0.354 e. The van der Waals surface area contributed by atoms with Crippen LogP contribution in [-0.2, 0) is 0 Å². The number of rotatable bonds is 2. The highest BCUT2D eigenvalue weighted by Gasteiger charge is 2.14. The highest BCUT2D eigenvalue weighted by molar-refractivity contribution is 5.63. The summed E-state index contributed by atoms with van der Waals surface area (Å²) in [5.41, 5.74) is 3.66. The van der Waals surface area contributed by atoms with Crippen molar-refractivity contribution in [2.75, 3.05) is 0 Å². The summed E-state index contributed by atoms with van der Waals surface area (Å²) in [4.78, 5) is 4.13. The van der Waals surface area contributed by atoms with Crippen molar-refractivity contribution in [1.29, 1.82) is 5.41 Å². The van der Waals surface area contributed by atoms with E-state index < -0.39 is 0 Å². The van der Waals surface area contributed by atoms with Crippen LogP contribution in [0.5, 0.6) is 0 Å². The molecule has 0 aliphatic carbocycles.